The fraction of sp³-hybridized carbons (Fsp3) is 1.00. The maximum Gasteiger partial charge on any atom is 0.0724 e. The number of ether oxygens (including phenoxy) is 2. The molecule has 1 N–H and O–H groups in total. The molecule has 3 atom stereocenters. The van der Waals surface area contributed by atoms with Crippen molar-refractivity contribution in [2.75, 3.05) is 20.3 Å². The van der Waals surface area contributed by atoms with E-state index in [2.05, 4.69) is 19.2 Å². The van der Waals surface area contributed by atoms with E-state index in [1.54, 1.807) is 0 Å². The van der Waals surface area contributed by atoms with Crippen molar-refractivity contribution in [1.29, 1.82) is 0 Å². The molecular weight excluding hydrogens is 226 g/mol. The second kappa shape index (κ2) is 6.36. The van der Waals surface area contributed by atoms with Gasteiger partial charge in [0, 0.05) is 19.8 Å². The molecule has 1 aliphatic heterocycles. The summed E-state index contributed by atoms with van der Waals surface area (Å²) in [7, 11) is 1.84. The van der Waals surface area contributed by atoms with E-state index in [9.17, 15) is 0 Å². The fourth-order valence-corrected chi connectivity index (χ4v) is 3.70. The van der Waals surface area contributed by atoms with Crippen LogP contribution in [0, 0.1) is 5.92 Å². The second-order valence-electron chi connectivity index (χ2n) is 5.90. The third kappa shape index (κ3) is 2.89. The average molecular weight is 255 g/mol. The summed E-state index contributed by atoms with van der Waals surface area (Å²) < 4.78 is 11.7. The molecule has 3 nitrogen and oxygen atoms in total. The van der Waals surface area contributed by atoms with Crippen molar-refractivity contribution in [2.24, 2.45) is 5.92 Å². The van der Waals surface area contributed by atoms with E-state index in [1.165, 1.54) is 32.1 Å². The van der Waals surface area contributed by atoms with Crippen LogP contribution < -0.4 is 5.32 Å². The molecule has 2 rings (SSSR count). The second-order valence-corrected chi connectivity index (χ2v) is 5.90. The molecule has 0 radical (unpaired) electrons. The Hall–Kier alpha value is -0.120. The predicted molar refractivity (Wildman–Crippen MR) is 73.8 cm³/mol. The normalized spacial score (nSPS) is 29.8. The number of likely N-dealkylation sites (N-methyl/N-ethyl adjacent to an activating group) is 1. The zero-order valence-corrected chi connectivity index (χ0v) is 12.2. The minimum absolute atomic E-state index is 0.239. The molecule has 0 bridgehead atoms. The van der Waals surface area contributed by atoms with Crippen LogP contribution in [0.25, 0.3) is 0 Å². The molecule has 18 heavy (non-hydrogen) atoms. The molecule has 0 aromatic heterocycles. The Morgan fingerprint density at radius 3 is 2.67 bits per heavy atom. The zero-order chi connectivity index (χ0) is 13.0. The maximum absolute atomic E-state index is 6.04. The SMILES string of the molecule is CCNC(C1CCOC2(CCC2)C1)C(CC)OC. The lowest BCUT2D eigenvalue weighted by molar-refractivity contribution is -0.152. The Morgan fingerprint density at radius 1 is 1.39 bits per heavy atom. The molecule has 0 amide bonds. The summed E-state index contributed by atoms with van der Waals surface area (Å²) in [4.78, 5) is 0. The van der Waals surface area contributed by atoms with Crippen LogP contribution in [0.4, 0.5) is 0 Å². The molecule has 106 valence electrons. The lowest BCUT2D eigenvalue weighted by Gasteiger charge is -2.49. The van der Waals surface area contributed by atoms with Gasteiger partial charge in [0.05, 0.1) is 11.7 Å². The van der Waals surface area contributed by atoms with Crippen LogP contribution in [0.2, 0.25) is 0 Å². The highest BCUT2D eigenvalue weighted by Crippen LogP contribution is 2.45. The maximum atomic E-state index is 6.04. The minimum atomic E-state index is 0.239. The molecule has 2 fully saturated rings. The van der Waals surface area contributed by atoms with E-state index in [1.807, 2.05) is 7.11 Å². The molecule has 0 aromatic carbocycles. The third-order valence-electron chi connectivity index (χ3n) is 4.85. The van der Waals surface area contributed by atoms with Gasteiger partial charge in [-0.3, -0.25) is 0 Å². The van der Waals surface area contributed by atoms with Crippen molar-refractivity contribution in [1.82, 2.24) is 5.32 Å². The van der Waals surface area contributed by atoms with E-state index in [-0.39, 0.29) is 5.60 Å². The Morgan fingerprint density at radius 2 is 2.17 bits per heavy atom. The van der Waals surface area contributed by atoms with Crippen molar-refractivity contribution < 1.29 is 9.47 Å². The van der Waals surface area contributed by atoms with E-state index >= 15 is 0 Å². The van der Waals surface area contributed by atoms with Gasteiger partial charge in [-0.05, 0) is 51.0 Å². The van der Waals surface area contributed by atoms with E-state index < -0.39 is 0 Å². The van der Waals surface area contributed by atoms with Gasteiger partial charge in [0.2, 0.25) is 0 Å². The Balaban J connectivity index is 2.00. The highest BCUT2D eigenvalue weighted by molar-refractivity contribution is 4.98. The first-order chi connectivity index (χ1) is 8.74. The number of hydrogen-bond acceptors (Lipinski definition) is 3. The summed E-state index contributed by atoms with van der Waals surface area (Å²) in [6.07, 6.45) is 7.71. The lowest BCUT2D eigenvalue weighted by atomic mass is 9.69. The fourth-order valence-electron chi connectivity index (χ4n) is 3.70. The van der Waals surface area contributed by atoms with Crippen LogP contribution in [0.3, 0.4) is 0 Å². The summed E-state index contributed by atoms with van der Waals surface area (Å²) in [6, 6.07) is 0.492. The Kier molecular flexibility index (Phi) is 5.05. The molecule has 1 heterocycles. The number of rotatable bonds is 6. The van der Waals surface area contributed by atoms with Crippen molar-refractivity contribution in [2.45, 2.75) is 70.1 Å². The highest BCUT2D eigenvalue weighted by atomic mass is 16.5. The number of hydrogen-bond donors (Lipinski definition) is 1. The van der Waals surface area contributed by atoms with Crippen LogP contribution in [0.5, 0.6) is 0 Å². The van der Waals surface area contributed by atoms with Crippen LogP contribution in [0.1, 0.15) is 52.4 Å². The first-order valence-corrected chi connectivity index (χ1v) is 7.65. The monoisotopic (exact) mass is 255 g/mol. The van der Waals surface area contributed by atoms with Crippen LogP contribution >= 0.6 is 0 Å². The van der Waals surface area contributed by atoms with Crippen molar-refractivity contribution in [3.8, 4) is 0 Å². The largest absolute Gasteiger partial charge is 0.380 e. The van der Waals surface area contributed by atoms with Gasteiger partial charge in [0.25, 0.3) is 0 Å². The highest BCUT2D eigenvalue weighted by Gasteiger charge is 2.45. The van der Waals surface area contributed by atoms with Crippen molar-refractivity contribution in [3.63, 3.8) is 0 Å². The van der Waals surface area contributed by atoms with Crippen molar-refractivity contribution in [3.05, 3.63) is 0 Å². The minimum Gasteiger partial charge on any atom is -0.380 e. The van der Waals surface area contributed by atoms with Gasteiger partial charge in [0.15, 0.2) is 0 Å². The van der Waals surface area contributed by atoms with Gasteiger partial charge < -0.3 is 14.8 Å². The smallest absolute Gasteiger partial charge is 0.0724 e. The van der Waals surface area contributed by atoms with Crippen molar-refractivity contribution >= 4 is 0 Å². The Bertz CT molecular complexity index is 249. The summed E-state index contributed by atoms with van der Waals surface area (Å²) in [5, 5.41) is 3.66. The zero-order valence-electron chi connectivity index (χ0n) is 12.2. The van der Waals surface area contributed by atoms with E-state index in [0.717, 1.165) is 19.6 Å². The summed E-state index contributed by atoms with van der Waals surface area (Å²) in [6.45, 7) is 6.37. The number of nitrogens with one attached hydrogen (secondary N) is 1. The summed E-state index contributed by atoms with van der Waals surface area (Å²) in [5.74, 6) is 0.712. The molecular formula is C15H29NO2. The third-order valence-corrected chi connectivity index (χ3v) is 4.85. The van der Waals surface area contributed by atoms with Gasteiger partial charge in [-0.1, -0.05) is 13.8 Å². The molecule has 2 aliphatic rings. The molecule has 3 unspecified atom stereocenters. The molecule has 1 spiro atoms. The van der Waals surface area contributed by atoms with Crippen LogP contribution in [-0.2, 0) is 9.47 Å². The van der Waals surface area contributed by atoms with Gasteiger partial charge in [-0.15, -0.1) is 0 Å². The molecule has 3 heteroatoms. The lowest BCUT2D eigenvalue weighted by Crippen LogP contribution is -2.53. The van der Waals surface area contributed by atoms with Gasteiger partial charge in [-0.25, -0.2) is 0 Å². The molecule has 1 aliphatic carbocycles. The summed E-state index contributed by atoms with van der Waals surface area (Å²) >= 11 is 0. The van der Waals surface area contributed by atoms with Crippen LogP contribution in [-0.4, -0.2) is 38.0 Å². The topological polar surface area (TPSA) is 30.5 Å². The van der Waals surface area contributed by atoms with E-state index in [4.69, 9.17) is 9.47 Å². The predicted octanol–water partition coefficient (Wildman–Crippen LogP) is 2.74. The van der Waals surface area contributed by atoms with Crippen LogP contribution in [0.15, 0.2) is 0 Å². The average Bonchev–Trinajstić information content (AvgIpc) is 2.37. The van der Waals surface area contributed by atoms with Gasteiger partial charge in [0.1, 0.15) is 0 Å². The molecule has 0 aromatic rings. The van der Waals surface area contributed by atoms with E-state index in [0.29, 0.717) is 18.1 Å². The van der Waals surface area contributed by atoms with Gasteiger partial charge in [-0.2, -0.15) is 0 Å². The summed E-state index contributed by atoms with van der Waals surface area (Å²) in [5.41, 5.74) is 0.239. The molecule has 1 saturated carbocycles. The number of methoxy groups -OCH3 is 1. The Labute approximate surface area is 112 Å². The first kappa shape index (κ1) is 14.3. The standard InChI is InChI=1S/C15H29NO2/c1-4-13(17-3)14(16-5-2)12-7-10-18-15(11-12)8-6-9-15/h12-14,16H,4-11H2,1-3H3. The first-order valence-electron chi connectivity index (χ1n) is 7.65. The quantitative estimate of drug-likeness (QED) is 0.791. The molecule has 1 saturated heterocycles. The van der Waals surface area contributed by atoms with Gasteiger partial charge >= 0.3 is 0 Å².